The lowest BCUT2D eigenvalue weighted by atomic mass is 9.97. The van der Waals surface area contributed by atoms with Crippen molar-refractivity contribution in [3.05, 3.63) is 105 Å². The zero-order chi connectivity index (χ0) is 34.9. The molecule has 1 amide bonds. The number of benzene rings is 2. The molecular formula is C37H34Cl2N6O5. The van der Waals surface area contributed by atoms with Crippen molar-refractivity contribution in [2.45, 2.75) is 32.0 Å². The van der Waals surface area contributed by atoms with Crippen molar-refractivity contribution < 1.29 is 19.4 Å². The number of amides is 1. The van der Waals surface area contributed by atoms with Gasteiger partial charge < -0.3 is 20.5 Å². The Morgan fingerprint density at radius 1 is 1.00 bits per heavy atom. The fraction of sp³-hybridized carbons (Fsp3) is 0.270. The quantitative estimate of drug-likeness (QED) is 0.167. The predicted molar refractivity (Wildman–Crippen MR) is 191 cm³/mol. The van der Waals surface area contributed by atoms with Crippen molar-refractivity contribution in [2.75, 3.05) is 26.7 Å². The molecule has 2 aliphatic rings. The SMILES string of the molecule is COc1nc(-c2cccc(-c3cccc(-c4ccn5c(=O)c(CN6CC(C(=O)O)C6)cnc5c4)c3Cl)c2Cl)ccc1CNCC1CCC(=O)N1. The van der Waals surface area contributed by atoms with Gasteiger partial charge in [0.25, 0.3) is 5.56 Å². The molecule has 0 bridgehead atoms. The number of aromatic nitrogens is 3. The molecule has 0 saturated carbocycles. The number of carboxylic acids is 1. The summed E-state index contributed by atoms with van der Waals surface area (Å²) in [6, 6.07) is 19.1. The number of methoxy groups -OCH3 is 1. The topological polar surface area (TPSA) is 138 Å². The van der Waals surface area contributed by atoms with Crippen LogP contribution in [-0.2, 0) is 22.7 Å². The van der Waals surface area contributed by atoms with E-state index in [1.165, 1.54) is 4.40 Å². The van der Waals surface area contributed by atoms with Gasteiger partial charge in [-0.1, -0.05) is 65.7 Å². The predicted octanol–water partition coefficient (Wildman–Crippen LogP) is 5.29. The van der Waals surface area contributed by atoms with Crippen LogP contribution in [0.15, 0.2) is 77.9 Å². The zero-order valence-corrected chi connectivity index (χ0v) is 28.7. The lowest BCUT2D eigenvalue weighted by Crippen LogP contribution is -2.50. The Morgan fingerprint density at radius 2 is 1.72 bits per heavy atom. The van der Waals surface area contributed by atoms with Crippen molar-refractivity contribution in [2.24, 2.45) is 5.92 Å². The average molecular weight is 714 g/mol. The summed E-state index contributed by atoms with van der Waals surface area (Å²) in [6.07, 6.45) is 4.62. The molecule has 3 aromatic heterocycles. The van der Waals surface area contributed by atoms with E-state index in [0.29, 0.717) is 72.0 Å². The molecule has 1 unspecified atom stereocenters. The number of nitrogens with one attached hydrogen (secondary N) is 2. The van der Waals surface area contributed by atoms with Gasteiger partial charge in [-0.2, -0.15) is 0 Å². The van der Waals surface area contributed by atoms with Crippen LogP contribution in [0, 0.1) is 5.92 Å². The van der Waals surface area contributed by atoms with Gasteiger partial charge in [0, 0.05) is 85.4 Å². The highest BCUT2D eigenvalue weighted by Gasteiger charge is 2.32. The molecule has 256 valence electrons. The number of likely N-dealkylation sites (tertiary alicyclic amines) is 1. The first-order valence-electron chi connectivity index (χ1n) is 16.3. The lowest BCUT2D eigenvalue weighted by molar-refractivity contribution is -0.147. The summed E-state index contributed by atoms with van der Waals surface area (Å²) in [5.41, 5.74) is 6.02. The fourth-order valence-corrected chi connectivity index (χ4v) is 7.19. The molecule has 0 radical (unpaired) electrons. The smallest absolute Gasteiger partial charge is 0.309 e. The number of carbonyl (C=O) groups is 2. The van der Waals surface area contributed by atoms with Crippen LogP contribution in [0.3, 0.4) is 0 Å². The molecule has 1 atom stereocenters. The molecule has 5 aromatic rings. The van der Waals surface area contributed by atoms with E-state index in [2.05, 4.69) is 15.6 Å². The summed E-state index contributed by atoms with van der Waals surface area (Å²) in [5, 5.41) is 16.5. The molecule has 0 aliphatic carbocycles. The highest BCUT2D eigenvalue weighted by atomic mass is 35.5. The second-order valence-electron chi connectivity index (χ2n) is 12.6. The maximum atomic E-state index is 13.2. The number of pyridine rings is 2. The number of hydrogen-bond donors (Lipinski definition) is 3. The molecule has 5 heterocycles. The summed E-state index contributed by atoms with van der Waals surface area (Å²) in [7, 11) is 1.58. The Morgan fingerprint density at radius 3 is 2.42 bits per heavy atom. The Bertz CT molecular complexity index is 2180. The number of rotatable bonds is 11. The molecule has 0 spiro atoms. The van der Waals surface area contributed by atoms with Crippen LogP contribution in [0.4, 0.5) is 0 Å². The third-order valence-electron chi connectivity index (χ3n) is 9.28. The van der Waals surface area contributed by atoms with E-state index < -0.39 is 11.9 Å². The van der Waals surface area contributed by atoms with Crippen molar-refractivity contribution in [3.8, 4) is 39.4 Å². The Labute approximate surface area is 297 Å². The number of nitrogens with zero attached hydrogens (tertiary/aromatic N) is 4. The van der Waals surface area contributed by atoms with E-state index in [-0.39, 0.29) is 17.5 Å². The van der Waals surface area contributed by atoms with E-state index in [1.807, 2.05) is 65.6 Å². The van der Waals surface area contributed by atoms with Gasteiger partial charge in [0.05, 0.1) is 34.3 Å². The molecule has 2 saturated heterocycles. The van der Waals surface area contributed by atoms with E-state index in [4.69, 9.17) is 38.0 Å². The monoisotopic (exact) mass is 712 g/mol. The minimum absolute atomic E-state index is 0.0878. The minimum atomic E-state index is -0.819. The fourth-order valence-electron chi connectivity index (χ4n) is 6.53. The van der Waals surface area contributed by atoms with Gasteiger partial charge in [-0.15, -0.1) is 0 Å². The molecule has 2 aliphatic heterocycles. The van der Waals surface area contributed by atoms with Crippen LogP contribution in [0.1, 0.15) is 24.0 Å². The molecule has 2 fully saturated rings. The Hall–Kier alpha value is -4.81. The number of fused-ring (bicyclic) bond motifs is 1. The van der Waals surface area contributed by atoms with Gasteiger partial charge in [-0.05, 0) is 30.2 Å². The zero-order valence-electron chi connectivity index (χ0n) is 27.2. The van der Waals surface area contributed by atoms with Crippen LogP contribution < -0.4 is 20.9 Å². The number of halogens is 2. The second kappa shape index (κ2) is 14.2. The first-order valence-corrected chi connectivity index (χ1v) is 17.0. The van der Waals surface area contributed by atoms with Crippen molar-refractivity contribution >= 4 is 40.7 Å². The normalized spacial score (nSPS) is 16.4. The van der Waals surface area contributed by atoms with Crippen LogP contribution in [0.5, 0.6) is 5.88 Å². The Kier molecular flexibility index (Phi) is 9.56. The van der Waals surface area contributed by atoms with Gasteiger partial charge in [-0.3, -0.25) is 23.7 Å². The first-order chi connectivity index (χ1) is 24.2. The highest BCUT2D eigenvalue weighted by molar-refractivity contribution is 6.39. The number of aliphatic carboxylic acids is 1. The van der Waals surface area contributed by atoms with E-state index >= 15 is 0 Å². The van der Waals surface area contributed by atoms with Crippen LogP contribution in [-0.4, -0.2) is 69.0 Å². The van der Waals surface area contributed by atoms with Crippen LogP contribution in [0.25, 0.3) is 39.2 Å². The summed E-state index contributed by atoms with van der Waals surface area (Å²) in [4.78, 5) is 47.1. The van der Waals surface area contributed by atoms with Gasteiger partial charge in [0.1, 0.15) is 5.65 Å². The standard InChI is InChI=1S/C37H34Cl2N6O5/c1-50-35-22(15-40-17-25-9-11-32(46)42-25)8-10-30(43-35)29-7-3-6-28(34(29)39)27-5-2-4-26(33(27)38)21-12-13-45-31(14-21)41-16-23(36(45)47)18-44-19-24(20-44)37(48)49/h2-8,10,12-14,16,24-25,40H,9,11,15,17-20H2,1H3,(H,42,46)(H,48,49). The molecule has 3 N–H and O–H groups in total. The molecule has 13 heteroatoms. The average Bonchev–Trinajstić information content (AvgIpc) is 3.51. The number of carboxylic acid groups (broad SMARTS) is 1. The lowest BCUT2D eigenvalue weighted by Gasteiger charge is -2.36. The van der Waals surface area contributed by atoms with Gasteiger partial charge in [-0.25, -0.2) is 9.97 Å². The van der Waals surface area contributed by atoms with E-state index in [1.54, 1.807) is 19.5 Å². The number of hydrogen-bond acceptors (Lipinski definition) is 8. The number of carbonyl (C=O) groups excluding carboxylic acids is 1. The largest absolute Gasteiger partial charge is 0.481 e. The second-order valence-corrected chi connectivity index (χ2v) is 13.4. The summed E-state index contributed by atoms with van der Waals surface area (Å²) in [5.74, 6) is -0.646. The number of ether oxygens (including phenoxy) is 1. The van der Waals surface area contributed by atoms with Crippen LogP contribution in [0.2, 0.25) is 10.0 Å². The highest BCUT2D eigenvalue weighted by Crippen LogP contribution is 2.42. The van der Waals surface area contributed by atoms with Crippen molar-refractivity contribution in [1.82, 2.24) is 29.9 Å². The van der Waals surface area contributed by atoms with Crippen molar-refractivity contribution in [3.63, 3.8) is 0 Å². The molecule has 11 nitrogen and oxygen atoms in total. The van der Waals surface area contributed by atoms with Gasteiger partial charge in [0.15, 0.2) is 0 Å². The van der Waals surface area contributed by atoms with Crippen LogP contribution >= 0.6 is 23.2 Å². The summed E-state index contributed by atoms with van der Waals surface area (Å²) >= 11 is 14.2. The molecule has 2 aromatic carbocycles. The third-order valence-corrected chi connectivity index (χ3v) is 10.1. The van der Waals surface area contributed by atoms with E-state index in [9.17, 15) is 14.4 Å². The third kappa shape index (κ3) is 6.69. The summed E-state index contributed by atoms with van der Waals surface area (Å²) in [6.45, 7) is 2.37. The maximum absolute atomic E-state index is 13.2. The molecule has 50 heavy (non-hydrogen) atoms. The summed E-state index contributed by atoms with van der Waals surface area (Å²) < 4.78 is 7.12. The molecular weight excluding hydrogens is 679 g/mol. The van der Waals surface area contributed by atoms with Crippen molar-refractivity contribution in [1.29, 1.82) is 0 Å². The Balaban J connectivity index is 1.12. The van der Waals surface area contributed by atoms with Gasteiger partial charge >= 0.3 is 5.97 Å². The van der Waals surface area contributed by atoms with E-state index in [0.717, 1.165) is 39.8 Å². The molecule has 7 rings (SSSR count). The maximum Gasteiger partial charge on any atom is 0.309 e. The van der Waals surface area contributed by atoms with Gasteiger partial charge in [0.2, 0.25) is 11.8 Å². The first kappa shape index (κ1) is 33.7. The minimum Gasteiger partial charge on any atom is -0.481 e.